The minimum atomic E-state index is -0.429. The van der Waals surface area contributed by atoms with E-state index in [0.29, 0.717) is 30.1 Å². The fourth-order valence-corrected chi connectivity index (χ4v) is 1.60. The molecule has 1 rings (SSSR count). The standard InChI is InChI=1S/C11H15ClN2O3/c1-8(15)4-5-13-7-9-6-10(12)2-3-11(9)14(16)17/h2-3,6,8,13,15H,4-5,7H2,1H3. The van der Waals surface area contributed by atoms with Crippen LogP contribution in [0.15, 0.2) is 18.2 Å². The first kappa shape index (κ1) is 13.9. The summed E-state index contributed by atoms with van der Waals surface area (Å²) in [4.78, 5) is 10.3. The van der Waals surface area contributed by atoms with E-state index in [1.54, 1.807) is 13.0 Å². The molecular formula is C11H15ClN2O3. The number of benzene rings is 1. The first-order chi connectivity index (χ1) is 8.00. The first-order valence-electron chi connectivity index (χ1n) is 5.32. The van der Waals surface area contributed by atoms with Crippen molar-refractivity contribution in [3.8, 4) is 0 Å². The lowest BCUT2D eigenvalue weighted by Gasteiger charge is -2.07. The van der Waals surface area contributed by atoms with E-state index in [-0.39, 0.29) is 11.8 Å². The van der Waals surface area contributed by atoms with Crippen molar-refractivity contribution in [2.75, 3.05) is 6.54 Å². The van der Waals surface area contributed by atoms with Crippen molar-refractivity contribution in [1.29, 1.82) is 0 Å². The summed E-state index contributed by atoms with van der Waals surface area (Å²) in [6, 6.07) is 4.47. The second kappa shape index (κ2) is 6.54. The molecule has 1 aromatic carbocycles. The zero-order chi connectivity index (χ0) is 12.8. The number of aliphatic hydroxyl groups excluding tert-OH is 1. The number of nitrogens with zero attached hydrogens (tertiary/aromatic N) is 1. The molecule has 1 atom stereocenters. The van der Waals surface area contributed by atoms with E-state index < -0.39 is 4.92 Å². The van der Waals surface area contributed by atoms with Crippen LogP contribution in [0.1, 0.15) is 18.9 Å². The summed E-state index contributed by atoms with van der Waals surface area (Å²) in [5.74, 6) is 0. The normalized spacial score (nSPS) is 12.4. The van der Waals surface area contributed by atoms with Gasteiger partial charge in [-0.1, -0.05) is 11.6 Å². The molecule has 0 aliphatic heterocycles. The lowest BCUT2D eigenvalue weighted by molar-refractivity contribution is -0.385. The summed E-state index contributed by atoms with van der Waals surface area (Å²) in [6.07, 6.45) is 0.228. The van der Waals surface area contributed by atoms with Crippen LogP contribution in [-0.4, -0.2) is 22.7 Å². The highest BCUT2D eigenvalue weighted by molar-refractivity contribution is 6.30. The van der Waals surface area contributed by atoms with E-state index >= 15 is 0 Å². The molecule has 17 heavy (non-hydrogen) atoms. The third kappa shape index (κ3) is 4.68. The largest absolute Gasteiger partial charge is 0.393 e. The maximum absolute atomic E-state index is 10.8. The van der Waals surface area contributed by atoms with Gasteiger partial charge in [0.05, 0.1) is 11.0 Å². The molecule has 94 valence electrons. The van der Waals surface area contributed by atoms with Crippen LogP contribution < -0.4 is 5.32 Å². The highest BCUT2D eigenvalue weighted by Gasteiger charge is 2.13. The molecule has 0 saturated carbocycles. The summed E-state index contributed by atoms with van der Waals surface area (Å²) in [6.45, 7) is 2.66. The molecule has 0 aliphatic rings. The summed E-state index contributed by atoms with van der Waals surface area (Å²) in [7, 11) is 0. The molecule has 0 aliphatic carbocycles. The topological polar surface area (TPSA) is 75.4 Å². The van der Waals surface area contributed by atoms with Gasteiger partial charge in [-0.15, -0.1) is 0 Å². The number of hydrogen-bond acceptors (Lipinski definition) is 4. The number of nitro groups is 1. The maximum atomic E-state index is 10.8. The van der Waals surface area contributed by atoms with Gasteiger partial charge in [0, 0.05) is 23.2 Å². The number of aliphatic hydroxyl groups is 1. The molecule has 0 heterocycles. The van der Waals surface area contributed by atoms with Crippen molar-refractivity contribution in [3.05, 3.63) is 38.9 Å². The Kier molecular flexibility index (Phi) is 5.34. The van der Waals surface area contributed by atoms with Crippen LogP contribution in [0.25, 0.3) is 0 Å². The SMILES string of the molecule is CC(O)CCNCc1cc(Cl)ccc1[N+](=O)[O-]. The van der Waals surface area contributed by atoms with E-state index in [9.17, 15) is 10.1 Å². The van der Waals surface area contributed by atoms with Gasteiger partial charge in [-0.25, -0.2) is 0 Å². The maximum Gasteiger partial charge on any atom is 0.273 e. The Balaban J connectivity index is 2.62. The highest BCUT2D eigenvalue weighted by atomic mass is 35.5. The van der Waals surface area contributed by atoms with Gasteiger partial charge in [0.2, 0.25) is 0 Å². The van der Waals surface area contributed by atoms with Crippen LogP contribution >= 0.6 is 11.6 Å². The second-order valence-electron chi connectivity index (χ2n) is 3.84. The zero-order valence-corrected chi connectivity index (χ0v) is 10.3. The molecule has 1 unspecified atom stereocenters. The molecule has 0 aromatic heterocycles. The summed E-state index contributed by atoms with van der Waals surface area (Å²) in [5.41, 5.74) is 0.604. The molecule has 0 saturated heterocycles. The lowest BCUT2D eigenvalue weighted by Crippen LogP contribution is -2.19. The van der Waals surface area contributed by atoms with Gasteiger partial charge in [-0.2, -0.15) is 0 Å². The third-order valence-electron chi connectivity index (χ3n) is 2.29. The van der Waals surface area contributed by atoms with Gasteiger partial charge in [-0.3, -0.25) is 10.1 Å². The second-order valence-corrected chi connectivity index (χ2v) is 4.28. The lowest BCUT2D eigenvalue weighted by atomic mass is 10.1. The minimum Gasteiger partial charge on any atom is -0.393 e. The summed E-state index contributed by atoms with van der Waals surface area (Å²) < 4.78 is 0. The fraction of sp³-hybridized carbons (Fsp3) is 0.455. The van der Waals surface area contributed by atoms with Crippen LogP contribution in [-0.2, 0) is 6.54 Å². The van der Waals surface area contributed by atoms with Gasteiger partial charge >= 0.3 is 0 Å². The zero-order valence-electron chi connectivity index (χ0n) is 9.52. The van der Waals surface area contributed by atoms with Crippen LogP contribution in [0.4, 0.5) is 5.69 Å². The molecule has 0 spiro atoms. The molecule has 5 nitrogen and oxygen atoms in total. The fourth-order valence-electron chi connectivity index (χ4n) is 1.41. The van der Waals surface area contributed by atoms with E-state index in [1.807, 2.05) is 0 Å². The average molecular weight is 259 g/mol. The molecule has 1 aromatic rings. The Hall–Kier alpha value is -1.17. The van der Waals surface area contributed by atoms with Crippen molar-refractivity contribution in [2.45, 2.75) is 26.0 Å². The Labute approximate surface area is 105 Å². The van der Waals surface area contributed by atoms with Gasteiger partial charge in [0.15, 0.2) is 0 Å². The Morgan fingerprint density at radius 2 is 2.29 bits per heavy atom. The summed E-state index contributed by atoms with van der Waals surface area (Å²) in [5, 5.41) is 23.3. The number of nitro benzene ring substituents is 1. The van der Waals surface area contributed by atoms with Crippen LogP contribution in [0.5, 0.6) is 0 Å². The number of hydrogen-bond donors (Lipinski definition) is 2. The van der Waals surface area contributed by atoms with E-state index in [0.717, 1.165) is 0 Å². The Bertz CT molecular complexity index is 396. The van der Waals surface area contributed by atoms with Crippen molar-refractivity contribution in [2.24, 2.45) is 0 Å². The van der Waals surface area contributed by atoms with Crippen molar-refractivity contribution in [1.82, 2.24) is 5.32 Å². The predicted molar refractivity (Wildman–Crippen MR) is 66.1 cm³/mol. The first-order valence-corrected chi connectivity index (χ1v) is 5.70. The monoisotopic (exact) mass is 258 g/mol. The van der Waals surface area contributed by atoms with E-state index in [2.05, 4.69) is 5.32 Å². The Morgan fingerprint density at radius 1 is 1.59 bits per heavy atom. The van der Waals surface area contributed by atoms with Crippen LogP contribution in [0, 0.1) is 10.1 Å². The van der Waals surface area contributed by atoms with Gasteiger partial charge < -0.3 is 10.4 Å². The number of rotatable bonds is 6. The highest BCUT2D eigenvalue weighted by Crippen LogP contribution is 2.22. The van der Waals surface area contributed by atoms with Gasteiger partial charge in [0.25, 0.3) is 5.69 Å². The van der Waals surface area contributed by atoms with Crippen LogP contribution in [0.3, 0.4) is 0 Å². The molecule has 0 bridgehead atoms. The van der Waals surface area contributed by atoms with Gasteiger partial charge in [0.1, 0.15) is 0 Å². The number of nitrogens with one attached hydrogen (secondary N) is 1. The van der Waals surface area contributed by atoms with Crippen molar-refractivity contribution < 1.29 is 10.0 Å². The average Bonchev–Trinajstić information content (AvgIpc) is 2.23. The Morgan fingerprint density at radius 3 is 2.88 bits per heavy atom. The van der Waals surface area contributed by atoms with Crippen molar-refractivity contribution in [3.63, 3.8) is 0 Å². The van der Waals surface area contributed by atoms with E-state index in [1.165, 1.54) is 12.1 Å². The van der Waals surface area contributed by atoms with E-state index in [4.69, 9.17) is 16.7 Å². The quantitative estimate of drug-likeness (QED) is 0.466. The molecule has 0 fully saturated rings. The third-order valence-corrected chi connectivity index (χ3v) is 2.53. The smallest absolute Gasteiger partial charge is 0.273 e. The molecular weight excluding hydrogens is 244 g/mol. The number of halogens is 1. The van der Waals surface area contributed by atoms with Gasteiger partial charge in [-0.05, 0) is 32.0 Å². The molecule has 0 radical (unpaired) electrons. The molecule has 2 N–H and O–H groups in total. The van der Waals surface area contributed by atoms with Crippen molar-refractivity contribution >= 4 is 17.3 Å². The van der Waals surface area contributed by atoms with Crippen LogP contribution in [0.2, 0.25) is 5.02 Å². The molecule has 6 heteroatoms. The predicted octanol–water partition coefficient (Wildman–Crippen LogP) is 2.11. The minimum absolute atomic E-state index is 0.0546. The summed E-state index contributed by atoms with van der Waals surface area (Å²) >= 11 is 5.79. The molecule has 0 amide bonds.